The van der Waals surface area contributed by atoms with Gasteiger partial charge in [-0.1, -0.05) is 6.07 Å². The lowest BCUT2D eigenvalue weighted by Crippen LogP contribution is -2.34. The number of pyridine rings is 1. The number of likely N-dealkylation sites (tertiary alicyclic amines) is 1. The Hall–Kier alpha value is -2.25. The normalized spacial score (nSPS) is 18.2. The summed E-state index contributed by atoms with van der Waals surface area (Å²) in [6.07, 6.45) is 8.11. The maximum Gasteiger partial charge on any atom is 0.188 e. The van der Waals surface area contributed by atoms with Gasteiger partial charge in [-0.05, 0) is 37.9 Å². The topological polar surface area (TPSA) is 58.9 Å². The molecule has 1 aliphatic heterocycles. The molecule has 1 aliphatic rings. The van der Waals surface area contributed by atoms with Gasteiger partial charge in [0.25, 0.3) is 0 Å². The number of nitrogens with one attached hydrogen (secondary N) is 1. The molecule has 1 N–H and O–H groups in total. The maximum absolute atomic E-state index is 4.82. The van der Waals surface area contributed by atoms with Crippen molar-refractivity contribution >= 4 is 22.3 Å². The molecule has 136 valence electrons. The minimum Gasteiger partial charge on any atom is -0.337 e. The summed E-state index contributed by atoms with van der Waals surface area (Å²) in [4.78, 5) is 16.0. The molecular formula is C19H24N6S. The zero-order chi connectivity index (χ0) is 17.9. The fourth-order valence-electron chi connectivity index (χ4n) is 3.39. The van der Waals surface area contributed by atoms with E-state index in [2.05, 4.69) is 43.2 Å². The number of rotatable bonds is 5. The number of imidazole rings is 1. The first-order chi connectivity index (χ1) is 12.7. The fraction of sp³-hybridized carbons (Fsp3) is 0.421. The highest BCUT2D eigenvalue weighted by Gasteiger charge is 2.24. The summed E-state index contributed by atoms with van der Waals surface area (Å²) in [5.41, 5.74) is 3.61. The number of aromatic nitrogens is 4. The van der Waals surface area contributed by atoms with Crippen LogP contribution in [-0.2, 0) is 13.6 Å². The van der Waals surface area contributed by atoms with E-state index in [4.69, 9.17) is 4.98 Å². The summed E-state index contributed by atoms with van der Waals surface area (Å²) < 4.78 is 2.10. The number of nitrogens with zero attached hydrogens (tertiary/aromatic N) is 5. The molecule has 4 rings (SSSR count). The van der Waals surface area contributed by atoms with Crippen LogP contribution in [0.4, 0.5) is 10.9 Å². The molecular weight excluding hydrogens is 344 g/mol. The van der Waals surface area contributed by atoms with Gasteiger partial charge in [-0.2, -0.15) is 0 Å². The van der Waals surface area contributed by atoms with Crippen LogP contribution in [0.2, 0.25) is 0 Å². The smallest absolute Gasteiger partial charge is 0.188 e. The molecule has 0 amide bonds. The van der Waals surface area contributed by atoms with E-state index >= 15 is 0 Å². The van der Waals surface area contributed by atoms with E-state index < -0.39 is 0 Å². The third-order valence-corrected chi connectivity index (χ3v) is 5.67. The van der Waals surface area contributed by atoms with Crippen molar-refractivity contribution in [3.8, 4) is 0 Å². The average Bonchev–Trinajstić information content (AvgIpc) is 3.27. The number of piperidine rings is 1. The highest BCUT2D eigenvalue weighted by Crippen LogP contribution is 2.31. The van der Waals surface area contributed by atoms with Crippen LogP contribution in [0.1, 0.15) is 35.7 Å². The largest absolute Gasteiger partial charge is 0.337 e. The van der Waals surface area contributed by atoms with Crippen molar-refractivity contribution in [1.82, 2.24) is 24.4 Å². The average molecular weight is 369 g/mol. The number of aryl methyl sites for hydroxylation is 2. The third kappa shape index (κ3) is 3.94. The number of anilines is 2. The number of hydrogen-bond donors (Lipinski definition) is 1. The molecule has 7 heteroatoms. The van der Waals surface area contributed by atoms with E-state index in [-0.39, 0.29) is 0 Å². The second-order valence-electron chi connectivity index (χ2n) is 6.99. The number of thiazole rings is 1. The van der Waals surface area contributed by atoms with E-state index in [1.807, 2.05) is 31.7 Å². The Morgan fingerprint density at radius 2 is 2.23 bits per heavy atom. The van der Waals surface area contributed by atoms with Crippen molar-refractivity contribution in [2.24, 2.45) is 7.05 Å². The van der Waals surface area contributed by atoms with Gasteiger partial charge in [0.05, 0.1) is 17.7 Å². The molecule has 3 aromatic heterocycles. The lowest BCUT2D eigenvalue weighted by Gasteiger charge is -2.31. The Labute approximate surface area is 157 Å². The van der Waals surface area contributed by atoms with Gasteiger partial charge in [0.2, 0.25) is 0 Å². The molecule has 0 unspecified atom stereocenters. The van der Waals surface area contributed by atoms with Crippen LogP contribution in [0.5, 0.6) is 0 Å². The van der Waals surface area contributed by atoms with Crippen molar-refractivity contribution < 1.29 is 0 Å². The van der Waals surface area contributed by atoms with Gasteiger partial charge < -0.3 is 9.88 Å². The lowest BCUT2D eigenvalue weighted by molar-refractivity contribution is 0.195. The minimum absolute atomic E-state index is 0.495. The summed E-state index contributed by atoms with van der Waals surface area (Å²) in [5.74, 6) is 1.34. The molecule has 0 aromatic carbocycles. The van der Waals surface area contributed by atoms with E-state index in [9.17, 15) is 0 Å². The van der Waals surface area contributed by atoms with Crippen LogP contribution >= 0.6 is 11.3 Å². The zero-order valence-electron chi connectivity index (χ0n) is 15.2. The van der Waals surface area contributed by atoms with Gasteiger partial charge in [0.1, 0.15) is 5.82 Å². The van der Waals surface area contributed by atoms with Crippen LogP contribution < -0.4 is 5.32 Å². The first-order valence-electron chi connectivity index (χ1n) is 9.00. The standard InChI is InChI=1S/C19H24N6S/c1-14-5-6-18(21-8-14)23-19-22-17(12-26-19)15-4-3-7-25(10-15)11-16-9-20-13-24(16)2/h5-6,8-9,12-13,15H,3-4,7,10-11H2,1-2H3,(H,21,22,23)/t15-/m1/s1. The second kappa shape index (κ2) is 7.55. The molecule has 0 spiro atoms. The zero-order valence-corrected chi connectivity index (χ0v) is 16.0. The molecule has 26 heavy (non-hydrogen) atoms. The first kappa shape index (κ1) is 17.2. The second-order valence-corrected chi connectivity index (χ2v) is 7.85. The van der Waals surface area contributed by atoms with E-state index in [0.29, 0.717) is 5.92 Å². The Bertz CT molecular complexity index is 853. The highest BCUT2D eigenvalue weighted by atomic mass is 32.1. The van der Waals surface area contributed by atoms with Gasteiger partial charge in [0.15, 0.2) is 5.13 Å². The van der Waals surface area contributed by atoms with Crippen molar-refractivity contribution in [2.75, 3.05) is 18.4 Å². The van der Waals surface area contributed by atoms with Crippen LogP contribution in [-0.4, -0.2) is 37.5 Å². The third-order valence-electron chi connectivity index (χ3n) is 4.89. The first-order valence-corrected chi connectivity index (χ1v) is 9.88. The monoisotopic (exact) mass is 368 g/mol. The lowest BCUT2D eigenvalue weighted by atomic mass is 9.95. The predicted molar refractivity (Wildman–Crippen MR) is 105 cm³/mol. The maximum atomic E-state index is 4.82. The molecule has 6 nitrogen and oxygen atoms in total. The van der Waals surface area contributed by atoms with E-state index in [1.165, 1.54) is 24.2 Å². The van der Waals surface area contributed by atoms with Crippen LogP contribution in [0, 0.1) is 6.92 Å². The molecule has 4 heterocycles. The van der Waals surface area contributed by atoms with E-state index in [1.54, 1.807) is 11.3 Å². The molecule has 0 saturated carbocycles. The Morgan fingerprint density at radius 1 is 1.31 bits per heavy atom. The summed E-state index contributed by atoms with van der Waals surface area (Å²) >= 11 is 1.66. The summed E-state index contributed by atoms with van der Waals surface area (Å²) in [5, 5.41) is 6.42. The summed E-state index contributed by atoms with van der Waals surface area (Å²) in [6.45, 7) is 5.19. The van der Waals surface area contributed by atoms with Crippen molar-refractivity contribution in [3.05, 3.63) is 53.2 Å². The van der Waals surface area contributed by atoms with E-state index in [0.717, 1.165) is 36.1 Å². The molecule has 1 fully saturated rings. The Morgan fingerprint density at radius 3 is 3.00 bits per heavy atom. The van der Waals surface area contributed by atoms with Gasteiger partial charge in [-0.15, -0.1) is 11.3 Å². The Kier molecular flexibility index (Phi) is 4.99. The highest BCUT2D eigenvalue weighted by molar-refractivity contribution is 7.13. The van der Waals surface area contributed by atoms with Gasteiger partial charge >= 0.3 is 0 Å². The fourth-order valence-corrected chi connectivity index (χ4v) is 4.19. The van der Waals surface area contributed by atoms with Gasteiger partial charge in [-0.3, -0.25) is 4.90 Å². The van der Waals surface area contributed by atoms with Crippen LogP contribution in [0.25, 0.3) is 0 Å². The number of hydrogen-bond acceptors (Lipinski definition) is 6. The Balaban J connectivity index is 1.40. The molecule has 0 radical (unpaired) electrons. The predicted octanol–water partition coefficient (Wildman–Crippen LogP) is 3.70. The van der Waals surface area contributed by atoms with Crippen molar-refractivity contribution in [3.63, 3.8) is 0 Å². The van der Waals surface area contributed by atoms with Crippen LogP contribution in [0.15, 0.2) is 36.2 Å². The van der Waals surface area contributed by atoms with Gasteiger partial charge in [-0.25, -0.2) is 15.0 Å². The van der Waals surface area contributed by atoms with Crippen molar-refractivity contribution in [2.45, 2.75) is 32.2 Å². The SMILES string of the molecule is Cc1ccc(Nc2nc([C@@H]3CCCN(Cc4cncn4C)C3)cs2)nc1. The molecule has 0 aliphatic carbocycles. The molecule has 1 saturated heterocycles. The molecule has 1 atom stereocenters. The summed E-state index contributed by atoms with van der Waals surface area (Å²) in [6, 6.07) is 4.05. The minimum atomic E-state index is 0.495. The van der Waals surface area contributed by atoms with Crippen molar-refractivity contribution in [1.29, 1.82) is 0 Å². The van der Waals surface area contributed by atoms with Gasteiger partial charge in [0, 0.05) is 43.8 Å². The molecule has 0 bridgehead atoms. The molecule has 3 aromatic rings. The summed E-state index contributed by atoms with van der Waals surface area (Å²) in [7, 11) is 2.06. The van der Waals surface area contributed by atoms with Crippen LogP contribution in [0.3, 0.4) is 0 Å². The quantitative estimate of drug-likeness (QED) is 0.744.